The molecule has 66 heavy (non-hydrogen) atoms. The summed E-state index contributed by atoms with van der Waals surface area (Å²) in [7, 11) is 0. The zero-order chi connectivity index (χ0) is 47.2. The minimum absolute atomic E-state index is 0.00214. The van der Waals surface area contributed by atoms with Crippen LogP contribution in [0.5, 0.6) is 11.5 Å². The van der Waals surface area contributed by atoms with Crippen LogP contribution in [0.15, 0.2) is 46.9 Å². The molecule has 1 fully saturated rings. The third-order valence-corrected chi connectivity index (χ3v) is 11.1. The third kappa shape index (κ3) is 8.58. The number of primary amides is 2. The lowest BCUT2D eigenvalue weighted by atomic mass is 9.81. The summed E-state index contributed by atoms with van der Waals surface area (Å²) in [5.74, 6) is -3.79. The first-order valence-corrected chi connectivity index (χ1v) is 20.9. The Kier molecular flexibility index (Phi) is 11.7. The maximum absolute atomic E-state index is 13.9. The molecule has 22 nitrogen and oxygen atoms in total. The first-order chi connectivity index (χ1) is 31.4. The number of nitrogens with two attached hydrogens (primary N) is 2. The van der Waals surface area contributed by atoms with Crippen molar-refractivity contribution >= 4 is 63.7 Å². The van der Waals surface area contributed by atoms with Gasteiger partial charge in [0.15, 0.2) is 5.89 Å². The van der Waals surface area contributed by atoms with Gasteiger partial charge in [0, 0.05) is 64.6 Å². The van der Waals surface area contributed by atoms with Gasteiger partial charge in [0.25, 0.3) is 11.8 Å². The summed E-state index contributed by atoms with van der Waals surface area (Å²) in [6.07, 6.45) is 3.10. The van der Waals surface area contributed by atoms with E-state index in [-0.39, 0.29) is 96.4 Å². The van der Waals surface area contributed by atoms with Crippen molar-refractivity contribution in [2.75, 3.05) is 36.9 Å². The molecule has 2 aromatic carbocycles. The standard InChI is InChI=1S/C43H47FN12O10/c1-7-26-34(64-23(4)47-26)38(60)51-40-49-28-15-25(36(46)58)17-31-33(28)55(40)12-10-9-11-54-32-27(48-39(54)50-37(59)29-13-22(3)52-56(29)8-2)14-24(35(45)57)16-30(32)62-20-43(21-63-31)18-53(19-43)41(61)65-42(5,6)66-44/h9-10,13-17H,7-8,11-12,18-21H2,1-6H3,(H2,45,57)(H2,46,58)(H,48,50,59)(H,49,51,60)/b10-9+. The molecule has 1 saturated heterocycles. The minimum atomic E-state index is -1.89. The number of likely N-dealkylation sites (tertiary alicyclic amines) is 1. The fraction of sp³-hybridized carbons (Fsp3) is 0.372. The number of oxazole rings is 1. The van der Waals surface area contributed by atoms with E-state index in [4.69, 9.17) is 40.1 Å². The Bertz CT molecular complexity index is 2800. The fourth-order valence-electron chi connectivity index (χ4n) is 7.92. The molecule has 0 radical (unpaired) electrons. The van der Waals surface area contributed by atoms with Gasteiger partial charge in [-0.25, -0.2) is 19.7 Å². The molecule has 1 spiro atoms. The summed E-state index contributed by atoms with van der Waals surface area (Å²) in [4.78, 5) is 85.2. The normalized spacial score (nSPS) is 15.3. The number of allylic oxidation sites excluding steroid dienone is 2. The van der Waals surface area contributed by atoms with Crippen molar-refractivity contribution in [3.05, 3.63) is 82.3 Å². The van der Waals surface area contributed by atoms with Crippen molar-refractivity contribution in [1.29, 1.82) is 0 Å². The number of rotatable bonds is 10. The molecule has 23 heteroatoms. The van der Waals surface area contributed by atoms with E-state index in [1.165, 1.54) is 43.0 Å². The summed E-state index contributed by atoms with van der Waals surface area (Å²) in [6, 6.07) is 7.50. The van der Waals surface area contributed by atoms with Crippen LogP contribution in [0.2, 0.25) is 0 Å². The highest BCUT2D eigenvalue weighted by atomic mass is 19.3. The van der Waals surface area contributed by atoms with Crippen LogP contribution < -0.4 is 31.6 Å². The van der Waals surface area contributed by atoms with E-state index >= 15 is 0 Å². The molecule has 6 heterocycles. The lowest BCUT2D eigenvalue weighted by molar-refractivity contribution is -0.310. The number of ether oxygens (including phenoxy) is 3. The third-order valence-electron chi connectivity index (χ3n) is 11.1. The number of imidazole rings is 2. The second-order valence-corrected chi connectivity index (χ2v) is 16.5. The van der Waals surface area contributed by atoms with Gasteiger partial charge in [-0.2, -0.15) is 5.10 Å². The largest absolute Gasteiger partial charge is 0.490 e. The van der Waals surface area contributed by atoms with Crippen molar-refractivity contribution in [2.45, 2.75) is 73.4 Å². The molecule has 6 aromatic rings. The number of nitrogens with one attached hydrogen (secondary N) is 2. The molecule has 5 amide bonds. The van der Waals surface area contributed by atoms with Crippen molar-refractivity contribution in [3.63, 3.8) is 0 Å². The Hall–Kier alpha value is -7.82. The van der Waals surface area contributed by atoms with Crippen LogP contribution >= 0.6 is 0 Å². The number of anilines is 2. The Balaban J connectivity index is 1.27. The molecule has 0 aliphatic carbocycles. The lowest BCUT2D eigenvalue weighted by Crippen LogP contribution is -2.64. The second kappa shape index (κ2) is 17.3. The van der Waals surface area contributed by atoms with Gasteiger partial charge in [0.05, 0.1) is 27.8 Å². The van der Waals surface area contributed by atoms with E-state index in [0.29, 0.717) is 41.3 Å². The Labute approximate surface area is 374 Å². The van der Waals surface area contributed by atoms with Crippen molar-refractivity contribution < 1.29 is 52.1 Å². The number of amides is 5. The molecule has 2 aliphatic heterocycles. The van der Waals surface area contributed by atoms with E-state index in [1.807, 2.05) is 13.8 Å². The predicted molar refractivity (Wildman–Crippen MR) is 233 cm³/mol. The van der Waals surface area contributed by atoms with Gasteiger partial charge in [0.1, 0.15) is 41.4 Å². The number of carbonyl (C=O) groups excluding carboxylic acids is 5. The molecule has 0 unspecified atom stereocenters. The van der Waals surface area contributed by atoms with Crippen LogP contribution in [0, 0.1) is 19.3 Å². The summed E-state index contributed by atoms with van der Waals surface area (Å²) < 4.78 is 42.2. The maximum Gasteiger partial charge on any atom is 0.412 e. The monoisotopic (exact) mass is 910 g/mol. The predicted octanol–water partition coefficient (Wildman–Crippen LogP) is 4.58. The second-order valence-electron chi connectivity index (χ2n) is 16.5. The quantitative estimate of drug-likeness (QED) is 0.108. The Morgan fingerprint density at radius 2 is 1.36 bits per heavy atom. The van der Waals surface area contributed by atoms with Crippen LogP contribution in [0.3, 0.4) is 0 Å². The number of halogens is 1. The van der Waals surface area contributed by atoms with Crippen molar-refractivity contribution in [1.82, 2.24) is 38.8 Å². The van der Waals surface area contributed by atoms with E-state index in [1.54, 1.807) is 45.9 Å². The topological polar surface area (TPSA) is 281 Å². The number of aromatic nitrogens is 7. The molecule has 0 bridgehead atoms. The first-order valence-electron chi connectivity index (χ1n) is 20.9. The summed E-state index contributed by atoms with van der Waals surface area (Å²) >= 11 is 0. The highest BCUT2D eigenvalue weighted by molar-refractivity contribution is 6.05. The highest BCUT2D eigenvalue weighted by Gasteiger charge is 2.49. The average Bonchev–Trinajstić information content (AvgIpc) is 4.02. The van der Waals surface area contributed by atoms with Crippen molar-refractivity contribution in [2.24, 2.45) is 16.9 Å². The maximum atomic E-state index is 13.9. The number of hydrogen-bond acceptors (Lipinski definition) is 14. The van der Waals surface area contributed by atoms with E-state index in [9.17, 15) is 28.5 Å². The molecule has 8 rings (SSSR count). The molecule has 4 aromatic heterocycles. The number of carbonyl (C=O) groups is 5. The SMILES string of the molecule is CCc1nc(C)oc1C(=O)Nc1nc2cc(C(N)=O)cc3c2n1C/C=C/Cn1c(NC(=O)c2cc(C)nn2CC)nc2cc(C(N)=O)cc(c21)OCC1(CO3)CN(C(=O)OC(C)(C)OF)C1. The molecule has 0 atom stereocenters. The van der Waals surface area contributed by atoms with Gasteiger partial charge in [-0.3, -0.25) is 34.5 Å². The first kappa shape index (κ1) is 44.8. The smallest absolute Gasteiger partial charge is 0.412 e. The molecular weight excluding hydrogens is 864 g/mol. The van der Waals surface area contributed by atoms with Crippen LogP contribution in [0.25, 0.3) is 22.1 Å². The van der Waals surface area contributed by atoms with Gasteiger partial charge >= 0.3 is 6.09 Å². The zero-order valence-electron chi connectivity index (χ0n) is 36.9. The summed E-state index contributed by atoms with van der Waals surface area (Å²) in [5, 5.41) is 10.1. The van der Waals surface area contributed by atoms with Crippen LogP contribution in [-0.2, 0) is 35.7 Å². The van der Waals surface area contributed by atoms with Gasteiger partial charge in [-0.05, 0) is 55.1 Å². The Morgan fingerprint density at radius 1 is 0.818 bits per heavy atom. The van der Waals surface area contributed by atoms with E-state index in [0.717, 1.165) is 0 Å². The molecule has 6 N–H and O–H groups in total. The van der Waals surface area contributed by atoms with Crippen LogP contribution in [0.4, 0.5) is 21.2 Å². The molecule has 0 saturated carbocycles. The van der Waals surface area contributed by atoms with Gasteiger partial charge in [-0.15, -0.1) is 4.94 Å². The zero-order valence-corrected chi connectivity index (χ0v) is 36.9. The molecular formula is C43H47FN12O10. The number of aryl methyl sites for hydroxylation is 4. The van der Waals surface area contributed by atoms with Crippen molar-refractivity contribution in [3.8, 4) is 11.5 Å². The number of hydrogen-bond donors (Lipinski definition) is 4. The van der Waals surface area contributed by atoms with Crippen LogP contribution in [-0.4, -0.2) is 101 Å². The average molecular weight is 911 g/mol. The summed E-state index contributed by atoms with van der Waals surface area (Å²) in [5.41, 5.74) is 13.3. The number of nitrogens with zero attached hydrogens (tertiary/aromatic N) is 8. The van der Waals surface area contributed by atoms with Gasteiger partial charge in [0.2, 0.25) is 35.3 Å². The van der Waals surface area contributed by atoms with Gasteiger partial charge in [-0.1, -0.05) is 19.1 Å². The fourth-order valence-corrected chi connectivity index (χ4v) is 7.92. The summed E-state index contributed by atoms with van der Waals surface area (Å²) in [6.45, 7) is 9.69. The molecule has 2 aliphatic rings. The van der Waals surface area contributed by atoms with Crippen LogP contribution in [0.1, 0.15) is 86.7 Å². The molecule has 346 valence electrons. The lowest BCUT2D eigenvalue weighted by Gasteiger charge is -2.48. The minimum Gasteiger partial charge on any atom is -0.490 e. The van der Waals surface area contributed by atoms with Gasteiger partial charge < -0.3 is 44.1 Å². The van der Waals surface area contributed by atoms with E-state index < -0.39 is 40.9 Å². The highest BCUT2D eigenvalue weighted by Crippen LogP contribution is 2.39. The number of benzene rings is 2. The Morgan fingerprint density at radius 3 is 1.86 bits per heavy atom. The van der Waals surface area contributed by atoms with E-state index in [2.05, 4.69) is 25.7 Å².